The number of rotatable bonds is 5. The van der Waals surface area contributed by atoms with Gasteiger partial charge in [-0.25, -0.2) is 0 Å². The monoisotopic (exact) mass is 197 g/mol. The van der Waals surface area contributed by atoms with Crippen LogP contribution in [0.15, 0.2) is 4.52 Å². The normalized spacial score (nSPS) is 15.4. The Morgan fingerprint density at radius 2 is 2.07 bits per heavy atom. The average Bonchev–Trinajstić information content (AvgIpc) is 2.65. The first-order chi connectivity index (χ1) is 6.69. The second kappa shape index (κ2) is 5.10. The van der Waals surface area contributed by atoms with Crippen molar-refractivity contribution in [1.82, 2.24) is 15.5 Å². The van der Waals surface area contributed by atoms with Crippen molar-refractivity contribution in [2.24, 2.45) is 0 Å². The zero-order chi connectivity index (χ0) is 10.6. The van der Waals surface area contributed by atoms with Gasteiger partial charge >= 0.3 is 0 Å². The smallest absolute Gasteiger partial charge is 0.231 e. The van der Waals surface area contributed by atoms with E-state index in [0.717, 1.165) is 24.7 Å². The van der Waals surface area contributed by atoms with Gasteiger partial charge in [0.15, 0.2) is 5.82 Å². The van der Waals surface area contributed by atoms with Crippen molar-refractivity contribution in [3.8, 4) is 0 Å². The maximum Gasteiger partial charge on any atom is 0.231 e. The molecule has 0 saturated carbocycles. The fourth-order valence-electron chi connectivity index (χ4n) is 1.31. The van der Waals surface area contributed by atoms with Gasteiger partial charge in [0, 0.05) is 12.5 Å². The second-order valence-corrected chi connectivity index (χ2v) is 3.54. The molecule has 1 aromatic rings. The molecule has 80 valence electrons. The minimum absolute atomic E-state index is 0.266. The number of hydrogen-bond acceptors (Lipinski definition) is 4. The van der Waals surface area contributed by atoms with Gasteiger partial charge in [-0.1, -0.05) is 25.9 Å². The third kappa shape index (κ3) is 2.54. The van der Waals surface area contributed by atoms with Crippen molar-refractivity contribution in [2.75, 3.05) is 6.54 Å². The van der Waals surface area contributed by atoms with E-state index in [1.54, 1.807) is 0 Å². The topological polar surface area (TPSA) is 51.0 Å². The van der Waals surface area contributed by atoms with E-state index >= 15 is 0 Å². The van der Waals surface area contributed by atoms with Crippen LogP contribution in [0.25, 0.3) is 0 Å². The summed E-state index contributed by atoms with van der Waals surface area (Å²) in [7, 11) is 0. The molecular formula is C10H19N3O. The Morgan fingerprint density at radius 3 is 2.57 bits per heavy atom. The van der Waals surface area contributed by atoms with Crippen LogP contribution >= 0.6 is 0 Å². The summed E-state index contributed by atoms with van der Waals surface area (Å²) in [4.78, 5) is 4.31. The number of hydrogen-bond donors (Lipinski definition) is 1. The van der Waals surface area contributed by atoms with Gasteiger partial charge in [-0.3, -0.25) is 0 Å². The van der Waals surface area contributed by atoms with Crippen molar-refractivity contribution in [3.63, 3.8) is 0 Å². The summed E-state index contributed by atoms with van der Waals surface area (Å²) < 4.78 is 5.18. The van der Waals surface area contributed by atoms with Gasteiger partial charge in [-0.15, -0.1) is 0 Å². The number of nitrogens with one attached hydrogen (secondary N) is 1. The minimum atomic E-state index is 0.266. The third-order valence-electron chi connectivity index (χ3n) is 2.47. The largest absolute Gasteiger partial charge is 0.339 e. The number of aromatic nitrogens is 2. The highest BCUT2D eigenvalue weighted by Gasteiger charge is 2.19. The average molecular weight is 197 g/mol. The molecule has 0 saturated heterocycles. The Hall–Kier alpha value is -0.900. The quantitative estimate of drug-likeness (QED) is 0.781. The Bertz CT molecular complexity index is 272. The number of nitrogens with zero attached hydrogens (tertiary/aromatic N) is 2. The van der Waals surface area contributed by atoms with Crippen LogP contribution in [0, 0.1) is 0 Å². The van der Waals surface area contributed by atoms with Crippen molar-refractivity contribution in [1.29, 1.82) is 0 Å². The maximum atomic E-state index is 5.18. The summed E-state index contributed by atoms with van der Waals surface area (Å²) in [6.07, 6.45) is 0.825. The van der Waals surface area contributed by atoms with Crippen LogP contribution in [-0.4, -0.2) is 22.7 Å². The van der Waals surface area contributed by atoms with Gasteiger partial charge < -0.3 is 9.84 Å². The summed E-state index contributed by atoms with van der Waals surface area (Å²) in [6, 6.07) is 0.366. The van der Waals surface area contributed by atoms with Gasteiger partial charge in [-0.2, -0.15) is 4.98 Å². The highest BCUT2D eigenvalue weighted by atomic mass is 16.5. The third-order valence-corrected chi connectivity index (χ3v) is 2.47. The van der Waals surface area contributed by atoms with Gasteiger partial charge in [0.25, 0.3) is 0 Å². The van der Waals surface area contributed by atoms with Crippen LogP contribution < -0.4 is 5.32 Å². The molecule has 0 fully saturated rings. The van der Waals surface area contributed by atoms with Crippen LogP contribution in [-0.2, 0) is 6.42 Å². The summed E-state index contributed by atoms with van der Waals surface area (Å²) in [6.45, 7) is 9.30. The highest BCUT2D eigenvalue weighted by Crippen LogP contribution is 2.16. The molecule has 2 unspecified atom stereocenters. The molecule has 0 aromatic carbocycles. The van der Waals surface area contributed by atoms with Crippen LogP contribution in [0.2, 0.25) is 0 Å². The molecule has 0 radical (unpaired) electrons. The SMILES string of the molecule is CCNC(C)C(C)c1nc(CC)no1. The van der Waals surface area contributed by atoms with Crippen LogP contribution in [0.4, 0.5) is 0 Å². The summed E-state index contributed by atoms with van der Waals surface area (Å²) >= 11 is 0. The second-order valence-electron chi connectivity index (χ2n) is 3.54. The predicted octanol–water partition coefficient (Wildman–Crippen LogP) is 1.73. The molecule has 1 N–H and O–H groups in total. The molecule has 1 heterocycles. The van der Waals surface area contributed by atoms with E-state index in [-0.39, 0.29) is 5.92 Å². The molecule has 0 amide bonds. The molecule has 4 heteroatoms. The zero-order valence-electron chi connectivity index (χ0n) is 9.37. The Kier molecular flexibility index (Phi) is 4.07. The van der Waals surface area contributed by atoms with Crippen molar-refractivity contribution in [3.05, 3.63) is 11.7 Å². The van der Waals surface area contributed by atoms with Crippen molar-refractivity contribution >= 4 is 0 Å². The molecule has 0 aliphatic carbocycles. The Labute approximate surface area is 85.1 Å². The van der Waals surface area contributed by atoms with E-state index in [1.165, 1.54) is 0 Å². The molecule has 0 spiro atoms. The summed E-state index contributed by atoms with van der Waals surface area (Å²) in [5, 5.41) is 7.23. The first-order valence-electron chi connectivity index (χ1n) is 5.24. The van der Waals surface area contributed by atoms with Gasteiger partial charge in [0.05, 0.1) is 5.92 Å². The van der Waals surface area contributed by atoms with E-state index in [2.05, 4.69) is 36.2 Å². The van der Waals surface area contributed by atoms with Gasteiger partial charge in [0.2, 0.25) is 5.89 Å². The maximum absolute atomic E-state index is 5.18. The molecule has 4 nitrogen and oxygen atoms in total. The highest BCUT2D eigenvalue weighted by molar-refractivity contribution is 4.96. The zero-order valence-corrected chi connectivity index (χ0v) is 9.37. The minimum Gasteiger partial charge on any atom is -0.339 e. The molecule has 0 aliphatic heterocycles. The molecule has 2 atom stereocenters. The fraction of sp³-hybridized carbons (Fsp3) is 0.800. The molecule has 0 aliphatic rings. The van der Waals surface area contributed by atoms with Crippen LogP contribution in [0.3, 0.4) is 0 Å². The molecule has 14 heavy (non-hydrogen) atoms. The lowest BCUT2D eigenvalue weighted by Crippen LogP contribution is -2.30. The van der Waals surface area contributed by atoms with E-state index in [4.69, 9.17) is 4.52 Å². The molecule has 1 aromatic heterocycles. The van der Waals surface area contributed by atoms with E-state index in [1.807, 2.05) is 6.92 Å². The summed E-state index contributed by atoms with van der Waals surface area (Å²) in [5.41, 5.74) is 0. The molecule has 1 rings (SSSR count). The first kappa shape index (κ1) is 11.2. The fourth-order valence-corrected chi connectivity index (χ4v) is 1.31. The molecular weight excluding hydrogens is 178 g/mol. The van der Waals surface area contributed by atoms with Gasteiger partial charge in [0.1, 0.15) is 0 Å². The lowest BCUT2D eigenvalue weighted by molar-refractivity contribution is 0.330. The Balaban J connectivity index is 2.63. The lowest BCUT2D eigenvalue weighted by atomic mass is 10.0. The first-order valence-corrected chi connectivity index (χ1v) is 5.24. The molecule has 0 bridgehead atoms. The Morgan fingerprint density at radius 1 is 1.36 bits per heavy atom. The van der Waals surface area contributed by atoms with Gasteiger partial charge in [-0.05, 0) is 13.5 Å². The van der Waals surface area contributed by atoms with E-state index in [9.17, 15) is 0 Å². The standard InChI is InChI=1S/C10H19N3O/c1-5-9-12-10(14-13-9)7(3)8(4)11-6-2/h7-8,11H,5-6H2,1-4H3. The van der Waals surface area contributed by atoms with Crippen LogP contribution in [0.1, 0.15) is 45.3 Å². The van der Waals surface area contributed by atoms with Crippen molar-refractivity contribution < 1.29 is 4.52 Å². The predicted molar refractivity (Wildman–Crippen MR) is 55.2 cm³/mol. The van der Waals surface area contributed by atoms with E-state index < -0.39 is 0 Å². The van der Waals surface area contributed by atoms with Crippen molar-refractivity contribution in [2.45, 2.75) is 46.1 Å². The number of likely N-dealkylation sites (N-methyl/N-ethyl adjacent to an activating group) is 1. The lowest BCUT2D eigenvalue weighted by Gasteiger charge is -2.16. The number of aryl methyl sites for hydroxylation is 1. The van der Waals surface area contributed by atoms with Crippen LogP contribution in [0.5, 0.6) is 0 Å². The summed E-state index contributed by atoms with van der Waals surface area (Å²) in [5.74, 6) is 1.79. The van der Waals surface area contributed by atoms with E-state index in [0.29, 0.717) is 6.04 Å².